The number of oxime groups is 1. The standard InChI is InChI=1S/C14H23N5O/c1-19-7-3-2-4-12(19)10-16-9-11-5-6-17-13(8-11)14(15)18-20/h5-6,8,12,16,20H,2-4,7,9-10H2,1H3,(H2,15,18). The van der Waals surface area contributed by atoms with Gasteiger partial charge in [0.15, 0.2) is 5.84 Å². The number of likely N-dealkylation sites (tertiary alicyclic amines) is 1. The quantitative estimate of drug-likeness (QED) is 0.320. The lowest BCUT2D eigenvalue weighted by Gasteiger charge is -2.32. The molecule has 2 heterocycles. The average molecular weight is 277 g/mol. The zero-order valence-electron chi connectivity index (χ0n) is 11.9. The highest BCUT2D eigenvalue weighted by Crippen LogP contribution is 2.14. The second-order valence-electron chi connectivity index (χ2n) is 5.30. The average Bonchev–Trinajstić information content (AvgIpc) is 2.49. The maximum absolute atomic E-state index is 8.66. The van der Waals surface area contributed by atoms with Crippen molar-refractivity contribution in [3.05, 3.63) is 29.6 Å². The molecule has 2 rings (SSSR count). The molecule has 0 radical (unpaired) electrons. The SMILES string of the molecule is CN1CCCCC1CNCc1ccnc(C(N)=NO)c1. The molecule has 1 aliphatic heterocycles. The van der Waals surface area contributed by atoms with Crippen LogP contribution in [0.1, 0.15) is 30.5 Å². The van der Waals surface area contributed by atoms with E-state index in [4.69, 9.17) is 10.9 Å². The Bertz CT molecular complexity index is 463. The van der Waals surface area contributed by atoms with Crippen LogP contribution >= 0.6 is 0 Å². The first-order valence-corrected chi connectivity index (χ1v) is 7.04. The minimum Gasteiger partial charge on any atom is -0.409 e. The van der Waals surface area contributed by atoms with Crippen molar-refractivity contribution in [1.29, 1.82) is 0 Å². The van der Waals surface area contributed by atoms with Crippen molar-refractivity contribution >= 4 is 5.84 Å². The van der Waals surface area contributed by atoms with E-state index in [1.807, 2.05) is 12.1 Å². The van der Waals surface area contributed by atoms with Crippen LogP contribution in [0, 0.1) is 0 Å². The van der Waals surface area contributed by atoms with Crippen molar-refractivity contribution < 1.29 is 5.21 Å². The number of likely N-dealkylation sites (N-methyl/N-ethyl adjacent to an activating group) is 1. The Morgan fingerprint density at radius 1 is 1.60 bits per heavy atom. The highest BCUT2D eigenvalue weighted by molar-refractivity contribution is 5.95. The third-order valence-corrected chi connectivity index (χ3v) is 3.83. The highest BCUT2D eigenvalue weighted by Gasteiger charge is 2.17. The lowest BCUT2D eigenvalue weighted by atomic mass is 10.0. The van der Waals surface area contributed by atoms with Crippen molar-refractivity contribution in [3.63, 3.8) is 0 Å². The zero-order chi connectivity index (χ0) is 14.4. The molecule has 1 aromatic rings. The molecular weight excluding hydrogens is 254 g/mol. The normalized spacial score (nSPS) is 21.1. The van der Waals surface area contributed by atoms with E-state index < -0.39 is 0 Å². The summed E-state index contributed by atoms with van der Waals surface area (Å²) in [5.41, 5.74) is 7.12. The molecule has 1 atom stereocenters. The summed E-state index contributed by atoms with van der Waals surface area (Å²) in [4.78, 5) is 6.49. The Morgan fingerprint density at radius 2 is 2.45 bits per heavy atom. The fraction of sp³-hybridized carbons (Fsp3) is 0.571. The van der Waals surface area contributed by atoms with Gasteiger partial charge in [0.2, 0.25) is 0 Å². The molecule has 4 N–H and O–H groups in total. The van der Waals surface area contributed by atoms with E-state index in [2.05, 4.69) is 27.4 Å². The molecule has 1 fully saturated rings. The highest BCUT2D eigenvalue weighted by atomic mass is 16.4. The first-order chi connectivity index (χ1) is 9.70. The van der Waals surface area contributed by atoms with Crippen molar-refractivity contribution in [2.45, 2.75) is 31.8 Å². The lowest BCUT2D eigenvalue weighted by Crippen LogP contribution is -2.42. The second-order valence-corrected chi connectivity index (χ2v) is 5.30. The van der Waals surface area contributed by atoms with E-state index in [-0.39, 0.29) is 5.84 Å². The third-order valence-electron chi connectivity index (χ3n) is 3.83. The van der Waals surface area contributed by atoms with Gasteiger partial charge in [-0.15, -0.1) is 0 Å². The van der Waals surface area contributed by atoms with Crippen molar-refractivity contribution in [1.82, 2.24) is 15.2 Å². The van der Waals surface area contributed by atoms with E-state index in [1.165, 1.54) is 25.8 Å². The number of hydrogen-bond donors (Lipinski definition) is 3. The maximum atomic E-state index is 8.66. The van der Waals surface area contributed by atoms with Gasteiger partial charge in [-0.1, -0.05) is 11.6 Å². The van der Waals surface area contributed by atoms with Gasteiger partial charge in [0.1, 0.15) is 5.69 Å². The van der Waals surface area contributed by atoms with Crippen LogP contribution in [0.2, 0.25) is 0 Å². The number of hydrogen-bond acceptors (Lipinski definition) is 5. The third kappa shape index (κ3) is 3.91. The summed E-state index contributed by atoms with van der Waals surface area (Å²) in [6.45, 7) is 2.94. The predicted molar refractivity (Wildman–Crippen MR) is 78.7 cm³/mol. The minimum atomic E-state index is 0.0406. The number of rotatable bonds is 5. The van der Waals surface area contributed by atoms with Crippen LogP contribution in [-0.2, 0) is 6.54 Å². The van der Waals surface area contributed by atoms with Crippen LogP contribution in [0.5, 0.6) is 0 Å². The molecule has 0 aromatic carbocycles. The Hall–Kier alpha value is -1.66. The van der Waals surface area contributed by atoms with Crippen LogP contribution in [0.3, 0.4) is 0 Å². The first kappa shape index (κ1) is 14.7. The van der Waals surface area contributed by atoms with E-state index in [0.29, 0.717) is 11.7 Å². The predicted octanol–water partition coefficient (Wildman–Crippen LogP) is 0.750. The Balaban J connectivity index is 1.84. The van der Waals surface area contributed by atoms with E-state index in [0.717, 1.165) is 18.7 Å². The summed E-state index contributed by atoms with van der Waals surface area (Å²) in [6.07, 6.45) is 5.56. The van der Waals surface area contributed by atoms with Crippen LogP contribution in [0.25, 0.3) is 0 Å². The van der Waals surface area contributed by atoms with Gasteiger partial charge in [-0.2, -0.15) is 0 Å². The molecule has 110 valence electrons. The number of nitrogens with zero attached hydrogens (tertiary/aromatic N) is 3. The van der Waals surface area contributed by atoms with Gasteiger partial charge in [0, 0.05) is 25.3 Å². The monoisotopic (exact) mass is 277 g/mol. The van der Waals surface area contributed by atoms with Crippen LogP contribution < -0.4 is 11.1 Å². The largest absolute Gasteiger partial charge is 0.409 e. The molecule has 6 nitrogen and oxygen atoms in total. The first-order valence-electron chi connectivity index (χ1n) is 7.04. The number of amidine groups is 1. The minimum absolute atomic E-state index is 0.0406. The van der Waals surface area contributed by atoms with Crippen molar-refractivity contribution in [2.24, 2.45) is 10.9 Å². The number of piperidine rings is 1. The van der Waals surface area contributed by atoms with Gasteiger partial charge in [-0.05, 0) is 44.1 Å². The van der Waals surface area contributed by atoms with E-state index >= 15 is 0 Å². The Labute approximate surface area is 119 Å². The molecule has 6 heteroatoms. The number of nitrogens with two attached hydrogens (primary N) is 1. The Morgan fingerprint density at radius 3 is 3.20 bits per heavy atom. The summed E-state index contributed by atoms with van der Waals surface area (Å²) < 4.78 is 0. The maximum Gasteiger partial charge on any atom is 0.188 e. The van der Waals surface area contributed by atoms with Gasteiger partial charge in [-0.3, -0.25) is 4.98 Å². The van der Waals surface area contributed by atoms with Crippen LogP contribution in [-0.4, -0.2) is 47.1 Å². The van der Waals surface area contributed by atoms with E-state index in [9.17, 15) is 0 Å². The van der Waals surface area contributed by atoms with E-state index in [1.54, 1.807) is 6.20 Å². The van der Waals surface area contributed by atoms with Gasteiger partial charge >= 0.3 is 0 Å². The van der Waals surface area contributed by atoms with Crippen molar-refractivity contribution in [2.75, 3.05) is 20.1 Å². The summed E-state index contributed by atoms with van der Waals surface area (Å²) in [6, 6.07) is 4.40. The summed E-state index contributed by atoms with van der Waals surface area (Å²) >= 11 is 0. The summed E-state index contributed by atoms with van der Waals surface area (Å²) in [5, 5.41) is 15.1. The zero-order valence-corrected chi connectivity index (χ0v) is 11.9. The molecule has 1 aliphatic rings. The molecule has 0 spiro atoms. The molecule has 0 bridgehead atoms. The summed E-state index contributed by atoms with van der Waals surface area (Å²) in [7, 11) is 2.19. The topological polar surface area (TPSA) is 86.8 Å². The molecule has 0 aliphatic carbocycles. The molecule has 20 heavy (non-hydrogen) atoms. The van der Waals surface area contributed by atoms with Crippen molar-refractivity contribution in [3.8, 4) is 0 Å². The molecule has 1 saturated heterocycles. The Kier molecular flexibility index (Phi) is 5.31. The summed E-state index contributed by atoms with van der Waals surface area (Å²) in [5.74, 6) is 0.0406. The van der Waals surface area contributed by atoms with Gasteiger partial charge in [0.05, 0.1) is 0 Å². The molecule has 1 unspecified atom stereocenters. The smallest absolute Gasteiger partial charge is 0.188 e. The lowest BCUT2D eigenvalue weighted by molar-refractivity contribution is 0.181. The number of nitrogens with one attached hydrogen (secondary N) is 1. The molecule has 0 saturated carbocycles. The molecule has 1 aromatic heterocycles. The molecular formula is C14H23N5O. The van der Waals surface area contributed by atoms with Gasteiger partial charge in [-0.25, -0.2) is 0 Å². The second kappa shape index (κ2) is 7.21. The van der Waals surface area contributed by atoms with Crippen LogP contribution in [0.4, 0.5) is 0 Å². The fourth-order valence-corrected chi connectivity index (χ4v) is 2.56. The van der Waals surface area contributed by atoms with Gasteiger partial charge < -0.3 is 21.2 Å². The number of pyridine rings is 1. The molecule has 0 amide bonds. The fourth-order valence-electron chi connectivity index (χ4n) is 2.56. The van der Waals surface area contributed by atoms with Gasteiger partial charge in [0.25, 0.3) is 0 Å². The van der Waals surface area contributed by atoms with Crippen LogP contribution in [0.15, 0.2) is 23.5 Å². The number of aromatic nitrogens is 1.